The molecule has 2 aromatic heterocycles. The molecule has 3 nitrogen and oxygen atoms in total. The molecule has 61 heavy (non-hydrogen) atoms. The third-order valence-corrected chi connectivity index (χ3v) is 12.2. The van der Waals surface area contributed by atoms with Gasteiger partial charge in [0.05, 0.1) is 16.7 Å². The van der Waals surface area contributed by atoms with E-state index in [2.05, 4.69) is 228 Å². The molecule has 12 rings (SSSR count). The predicted octanol–water partition coefficient (Wildman–Crippen LogP) is 16.3. The highest BCUT2D eigenvalue weighted by molar-refractivity contribution is 6.09. The van der Waals surface area contributed by atoms with E-state index in [1.807, 2.05) is 12.1 Å². The Hall–Kier alpha value is -8.14. The van der Waals surface area contributed by atoms with Gasteiger partial charge in [0.2, 0.25) is 0 Å². The predicted molar refractivity (Wildman–Crippen MR) is 257 cm³/mol. The number of anilines is 3. The lowest BCUT2D eigenvalue weighted by Gasteiger charge is -2.28. The van der Waals surface area contributed by atoms with Crippen LogP contribution < -0.4 is 4.90 Å². The van der Waals surface area contributed by atoms with E-state index in [1.165, 1.54) is 49.3 Å². The summed E-state index contributed by atoms with van der Waals surface area (Å²) in [5.41, 5.74) is 15.6. The molecule has 0 radical (unpaired) electrons. The van der Waals surface area contributed by atoms with Gasteiger partial charge in [-0.25, -0.2) is 0 Å². The van der Waals surface area contributed by atoms with Crippen molar-refractivity contribution >= 4 is 71.6 Å². The Morgan fingerprint density at radius 1 is 0.328 bits per heavy atom. The summed E-state index contributed by atoms with van der Waals surface area (Å²) in [5.74, 6) is 0. The minimum atomic E-state index is 0.897. The van der Waals surface area contributed by atoms with Gasteiger partial charge in [-0.3, -0.25) is 0 Å². The van der Waals surface area contributed by atoms with E-state index in [-0.39, 0.29) is 0 Å². The maximum absolute atomic E-state index is 6.27. The van der Waals surface area contributed by atoms with E-state index in [4.69, 9.17) is 4.42 Å². The summed E-state index contributed by atoms with van der Waals surface area (Å²) in [4.78, 5) is 2.39. The Bertz CT molecular complexity index is 3530. The van der Waals surface area contributed by atoms with E-state index in [0.29, 0.717) is 0 Å². The van der Waals surface area contributed by atoms with Crippen molar-refractivity contribution in [2.45, 2.75) is 0 Å². The first kappa shape index (κ1) is 34.9. The average Bonchev–Trinajstić information content (AvgIpc) is 3.88. The van der Waals surface area contributed by atoms with Crippen LogP contribution in [-0.4, -0.2) is 4.57 Å². The normalized spacial score (nSPS) is 11.6. The fraction of sp³-hybridized carbons (Fsp3) is 0. The lowest BCUT2D eigenvalue weighted by Crippen LogP contribution is -2.11. The van der Waals surface area contributed by atoms with Crippen LogP contribution in [0.2, 0.25) is 0 Å². The van der Waals surface area contributed by atoms with Crippen LogP contribution in [0.25, 0.3) is 93.6 Å². The summed E-state index contributed by atoms with van der Waals surface area (Å²) in [6.45, 7) is 0. The molecule has 3 heteroatoms. The number of benzene rings is 10. The van der Waals surface area contributed by atoms with Gasteiger partial charge in [0.25, 0.3) is 0 Å². The molecule has 0 N–H and O–H groups in total. The Kier molecular flexibility index (Phi) is 8.17. The molecule has 0 bridgehead atoms. The monoisotopic (exact) mass is 778 g/mol. The van der Waals surface area contributed by atoms with Gasteiger partial charge in [0, 0.05) is 44.2 Å². The van der Waals surface area contributed by atoms with E-state index in [0.717, 1.165) is 61.4 Å². The van der Waals surface area contributed by atoms with E-state index >= 15 is 0 Å². The Morgan fingerprint density at radius 2 is 0.852 bits per heavy atom. The summed E-state index contributed by atoms with van der Waals surface area (Å²) in [6, 6.07) is 83.0. The molecule has 286 valence electrons. The van der Waals surface area contributed by atoms with E-state index in [1.54, 1.807) is 0 Å². The van der Waals surface area contributed by atoms with Crippen molar-refractivity contribution in [2.24, 2.45) is 0 Å². The highest BCUT2D eigenvalue weighted by Gasteiger charge is 2.19. The molecule has 0 aliphatic carbocycles. The zero-order valence-corrected chi connectivity index (χ0v) is 33.2. The summed E-state index contributed by atoms with van der Waals surface area (Å²) in [5, 5.41) is 7.25. The molecule has 0 aliphatic heterocycles. The number of para-hydroxylation sites is 4. The van der Waals surface area contributed by atoms with Crippen LogP contribution in [0.15, 0.2) is 235 Å². The molecular formula is C58H38N2O. The second-order valence-corrected chi connectivity index (χ2v) is 15.7. The van der Waals surface area contributed by atoms with Crippen molar-refractivity contribution in [2.75, 3.05) is 4.90 Å². The molecule has 0 aliphatic rings. The third kappa shape index (κ3) is 5.90. The molecule has 0 amide bonds. The molecule has 0 saturated heterocycles. The van der Waals surface area contributed by atoms with Crippen LogP contribution >= 0.6 is 0 Å². The number of furan rings is 1. The van der Waals surface area contributed by atoms with Crippen molar-refractivity contribution in [3.05, 3.63) is 231 Å². The SMILES string of the molecule is c1cc(-c2ccc(N(c3ccc(-c4ccc5c(c4)oc4ccccc45)cc3)c3ccccc3-c3cccc4ccccc34)cc2)cc(-n2c3ccccc3c3ccccc32)c1. The van der Waals surface area contributed by atoms with Gasteiger partial charge in [0.15, 0.2) is 0 Å². The van der Waals surface area contributed by atoms with Gasteiger partial charge in [-0.15, -0.1) is 0 Å². The Labute approximate surface area is 353 Å². The number of hydrogen-bond donors (Lipinski definition) is 0. The van der Waals surface area contributed by atoms with Crippen LogP contribution in [0.3, 0.4) is 0 Å². The molecule has 0 unspecified atom stereocenters. The topological polar surface area (TPSA) is 21.3 Å². The van der Waals surface area contributed by atoms with Gasteiger partial charge < -0.3 is 13.9 Å². The quantitative estimate of drug-likeness (QED) is 0.161. The lowest BCUT2D eigenvalue weighted by molar-refractivity contribution is 0.669. The van der Waals surface area contributed by atoms with Crippen molar-refractivity contribution in [1.29, 1.82) is 0 Å². The lowest BCUT2D eigenvalue weighted by atomic mass is 9.96. The zero-order chi connectivity index (χ0) is 40.3. The van der Waals surface area contributed by atoms with Gasteiger partial charge in [-0.1, -0.05) is 158 Å². The largest absolute Gasteiger partial charge is 0.456 e. The second-order valence-electron chi connectivity index (χ2n) is 15.7. The number of aromatic nitrogens is 1. The smallest absolute Gasteiger partial charge is 0.136 e. The highest BCUT2D eigenvalue weighted by Crippen LogP contribution is 2.44. The Morgan fingerprint density at radius 3 is 1.59 bits per heavy atom. The minimum absolute atomic E-state index is 0.897. The number of nitrogens with zero attached hydrogens (tertiary/aromatic N) is 2. The van der Waals surface area contributed by atoms with Gasteiger partial charge in [0.1, 0.15) is 11.2 Å². The minimum Gasteiger partial charge on any atom is -0.456 e. The number of fused-ring (bicyclic) bond motifs is 7. The summed E-state index contributed by atoms with van der Waals surface area (Å²) in [6.07, 6.45) is 0. The molecular weight excluding hydrogens is 741 g/mol. The third-order valence-electron chi connectivity index (χ3n) is 12.2. The molecule has 12 aromatic rings. The summed E-state index contributed by atoms with van der Waals surface area (Å²) in [7, 11) is 0. The van der Waals surface area contributed by atoms with Crippen LogP contribution in [0.4, 0.5) is 17.1 Å². The fourth-order valence-corrected chi connectivity index (χ4v) is 9.32. The Balaban J connectivity index is 0.962. The van der Waals surface area contributed by atoms with Crippen molar-refractivity contribution < 1.29 is 4.42 Å². The van der Waals surface area contributed by atoms with E-state index < -0.39 is 0 Å². The zero-order valence-electron chi connectivity index (χ0n) is 33.2. The summed E-state index contributed by atoms with van der Waals surface area (Å²) < 4.78 is 8.65. The van der Waals surface area contributed by atoms with Gasteiger partial charge >= 0.3 is 0 Å². The standard InChI is InChI=1S/C58H38N2O/c1-2-17-47-41(13-1)14-12-22-48(47)49-18-3-7-23-54(49)59(45-34-29-40(30-35-45)43-31-36-53-52-21-6-10-26-57(52)61-58(53)38-43)44-32-27-39(28-33-44)42-15-11-16-46(37-42)60-55-24-8-4-19-50(55)51-20-5-9-25-56(51)60/h1-38H. The van der Waals surface area contributed by atoms with Gasteiger partial charge in [-0.05, 0) is 111 Å². The number of rotatable bonds is 7. The van der Waals surface area contributed by atoms with Crippen LogP contribution in [0, 0.1) is 0 Å². The summed E-state index contributed by atoms with van der Waals surface area (Å²) >= 11 is 0. The van der Waals surface area contributed by atoms with Crippen molar-refractivity contribution in [3.8, 4) is 39.1 Å². The fourth-order valence-electron chi connectivity index (χ4n) is 9.32. The molecule has 0 spiro atoms. The molecule has 2 heterocycles. The first-order valence-electron chi connectivity index (χ1n) is 20.8. The molecule has 0 saturated carbocycles. The van der Waals surface area contributed by atoms with Crippen LogP contribution in [0.1, 0.15) is 0 Å². The second kappa shape index (κ2) is 14.3. The first-order chi connectivity index (χ1) is 30.2. The highest BCUT2D eigenvalue weighted by atomic mass is 16.3. The first-order valence-corrected chi connectivity index (χ1v) is 20.8. The maximum Gasteiger partial charge on any atom is 0.136 e. The molecule has 10 aromatic carbocycles. The average molecular weight is 779 g/mol. The number of hydrogen-bond acceptors (Lipinski definition) is 2. The van der Waals surface area contributed by atoms with Gasteiger partial charge in [-0.2, -0.15) is 0 Å². The van der Waals surface area contributed by atoms with Crippen LogP contribution in [0.5, 0.6) is 0 Å². The van der Waals surface area contributed by atoms with Crippen LogP contribution in [-0.2, 0) is 0 Å². The van der Waals surface area contributed by atoms with Crippen molar-refractivity contribution in [3.63, 3.8) is 0 Å². The molecule has 0 fully saturated rings. The van der Waals surface area contributed by atoms with E-state index in [9.17, 15) is 0 Å². The van der Waals surface area contributed by atoms with Crippen molar-refractivity contribution in [1.82, 2.24) is 4.57 Å². The maximum atomic E-state index is 6.27. The molecule has 0 atom stereocenters.